The molecule has 0 radical (unpaired) electrons. The number of aromatic nitrogens is 2. The Bertz CT molecular complexity index is 580. The quantitative estimate of drug-likeness (QED) is 0.885. The summed E-state index contributed by atoms with van der Waals surface area (Å²) in [5, 5.41) is 13.1. The van der Waals surface area contributed by atoms with Crippen LogP contribution in [0.25, 0.3) is 0 Å². The highest BCUT2D eigenvalue weighted by molar-refractivity contribution is 5.61. The first-order valence-electron chi connectivity index (χ1n) is 6.65. The van der Waals surface area contributed by atoms with Crippen molar-refractivity contribution in [3.8, 4) is 0 Å². The largest absolute Gasteiger partial charge is 0.387 e. The van der Waals surface area contributed by atoms with Crippen LogP contribution in [0.4, 0.5) is 11.5 Å². The topological polar surface area (TPSA) is 58.0 Å². The molecule has 0 saturated heterocycles. The van der Waals surface area contributed by atoms with Gasteiger partial charge < -0.3 is 10.4 Å². The van der Waals surface area contributed by atoms with Crippen LogP contribution < -0.4 is 5.32 Å². The van der Waals surface area contributed by atoms with Gasteiger partial charge in [0.1, 0.15) is 12.1 Å². The van der Waals surface area contributed by atoms with E-state index in [2.05, 4.69) is 46.5 Å². The summed E-state index contributed by atoms with van der Waals surface area (Å²) >= 11 is 0. The number of hydrogen-bond acceptors (Lipinski definition) is 4. The Kier molecular flexibility index (Phi) is 3.17. The zero-order valence-corrected chi connectivity index (χ0v) is 10.9. The molecule has 4 heteroatoms. The van der Waals surface area contributed by atoms with Crippen molar-refractivity contribution in [1.82, 2.24) is 9.97 Å². The van der Waals surface area contributed by atoms with Crippen LogP contribution in [0, 0.1) is 0 Å². The van der Waals surface area contributed by atoms with E-state index in [4.69, 9.17) is 0 Å². The van der Waals surface area contributed by atoms with Gasteiger partial charge in [0, 0.05) is 11.3 Å². The number of rotatable bonds is 3. The predicted molar refractivity (Wildman–Crippen MR) is 74.4 cm³/mol. The molecular formula is C15H17N3O. The molecule has 1 heterocycles. The highest BCUT2D eigenvalue weighted by Crippen LogP contribution is 2.33. The second kappa shape index (κ2) is 4.97. The number of anilines is 2. The van der Waals surface area contributed by atoms with E-state index in [0.717, 1.165) is 42.0 Å². The molecule has 0 aliphatic heterocycles. The van der Waals surface area contributed by atoms with Crippen molar-refractivity contribution in [1.29, 1.82) is 0 Å². The monoisotopic (exact) mass is 255 g/mol. The van der Waals surface area contributed by atoms with Gasteiger partial charge in [-0.05, 0) is 37.0 Å². The molecule has 1 aromatic heterocycles. The fourth-order valence-corrected chi connectivity index (χ4v) is 2.45. The van der Waals surface area contributed by atoms with Crippen molar-refractivity contribution in [2.45, 2.75) is 32.3 Å². The fourth-order valence-electron chi connectivity index (χ4n) is 2.45. The molecule has 0 bridgehead atoms. The molecule has 2 aromatic rings. The van der Waals surface area contributed by atoms with Crippen LogP contribution in [0.15, 0.2) is 30.6 Å². The number of aliphatic hydroxyl groups excluding tert-OH is 1. The molecule has 1 aromatic carbocycles. The molecule has 2 N–H and O–H groups in total. The lowest BCUT2D eigenvalue weighted by molar-refractivity contribution is 0.175. The highest BCUT2D eigenvalue weighted by atomic mass is 16.3. The van der Waals surface area contributed by atoms with Gasteiger partial charge in [0.15, 0.2) is 0 Å². The summed E-state index contributed by atoms with van der Waals surface area (Å²) in [7, 11) is 0. The molecule has 4 nitrogen and oxygen atoms in total. The van der Waals surface area contributed by atoms with Gasteiger partial charge in [-0.3, -0.25) is 0 Å². The Balaban J connectivity index is 1.87. The van der Waals surface area contributed by atoms with Crippen LogP contribution in [-0.2, 0) is 12.8 Å². The number of nitrogens with one attached hydrogen (secondary N) is 1. The number of aryl methyl sites for hydroxylation is 1. The number of nitrogens with zero attached hydrogens (tertiary/aromatic N) is 2. The third-order valence-corrected chi connectivity index (χ3v) is 3.59. The summed E-state index contributed by atoms with van der Waals surface area (Å²) in [6.45, 7) is 2.14. The lowest BCUT2D eigenvalue weighted by atomic mass is 10.1. The number of benzene rings is 1. The molecule has 0 amide bonds. The normalized spacial score (nSPS) is 17.3. The second-order valence-corrected chi connectivity index (χ2v) is 4.82. The van der Waals surface area contributed by atoms with Gasteiger partial charge in [0.25, 0.3) is 0 Å². The lowest BCUT2D eigenvalue weighted by Crippen LogP contribution is -2.02. The Morgan fingerprint density at radius 2 is 2.05 bits per heavy atom. The second-order valence-electron chi connectivity index (χ2n) is 4.82. The van der Waals surface area contributed by atoms with E-state index in [1.54, 1.807) is 0 Å². The molecular weight excluding hydrogens is 238 g/mol. The number of hydrogen-bond donors (Lipinski definition) is 2. The van der Waals surface area contributed by atoms with E-state index in [1.807, 2.05) is 0 Å². The Morgan fingerprint density at radius 3 is 2.79 bits per heavy atom. The third-order valence-electron chi connectivity index (χ3n) is 3.59. The standard InChI is InChI=1S/C15H17N3O/c1-2-10-3-5-11(6-4-10)18-15-12-7-8-13(19)14(12)16-9-17-15/h3-6,9,13,19H,2,7-8H2,1H3,(H,16,17,18). The van der Waals surface area contributed by atoms with E-state index in [-0.39, 0.29) is 0 Å². The molecule has 3 rings (SSSR count). The van der Waals surface area contributed by atoms with Crippen molar-refractivity contribution in [2.24, 2.45) is 0 Å². The van der Waals surface area contributed by atoms with Crippen LogP contribution in [0.3, 0.4) is 0 Å². The highest BCUT2D eigenvalue weighted by Gasteiger charge is 2.24. The average molecular weight is 255 g/mol. The summed E-state index contributed by atoms with van der Waals surface area (Å²) < 4.78 is 0. The maximum absolute atomic E-state index is 9.82. The van der Waals surface area contributed by atoms with Crippen molar-refractivity contribution in [3.63, 3.8) is 0 Å². The summed E-state index contributed by atoms with van der Waals surface area (Å²) in [6.07, 6.45) is 3.66. The maximum atomic E-state index is 9.82. The first-order chi connectivity index (χ1) is 9.28. The lowest BCUT2D eigenvalue weighted by Gasteiger charge is -2.10. The molecule has 0 spiro atoms. The first-order valence-corrected chi connectivity index (χ1v) is 6.65. The van der Waals surface area contributed by atoms with Crippen molar-refractivity contribution >= 4 is 11.5 Å². The zero-order chi connectivity index (χ0) is 13.2. The van der Waals surface area contributed by atoms with Gasteiger partial charge >= 0.3 is 0 Å². The van der Waals surface area contributed by atoms with E-state index in [1.165, 1.54) is 11.9 Å². The predicted octanol–water partition coefficient (Wildman–Crippen LogP) is 2.76. The van der Waals surface area contributed by atoms with Gasteiger partial charge in [-0.15, -0.1) is 0 Å². The molecule has 0 saturated carbocycles. The Labute approximate surface area is 112 Å². The Hall–Kier alpha value is -1.94. The van der Waals surface area contributed by atoms with Gasteiger partial charge in [0.05, 0.1) is 11.8 Å². The van der Waals surface area contributed by atoms with Crippen LogP contribution in [0.2, 0.25) is 0 Å². The van der Waals surface area contributed by atoms with Crippen molar-refractivity contribution in [2.75, 3.05) is 5.32 Å². The first kappa shape index (κ1) is 12.1. The Morgan fingerprint density at radius 1 is 1.26 bits per heavy atom. The molecule has 0 fully saturated rings. The minimum absolute atomic E-state index is 0.444. The molecule has 1 unspecified atom stereocenters. The summed E-state index contributed by atoms with van der Waals surface area (Å²) in [5.74, 6) is 0.811. The van der Waals surface area contributed by atoms with Crippen LogP contribution >= 0.6 is 0 Å². The van der Waals surface area contributed by atoms with Crippen LogP contribution in [-0.4, -0.2) is 15.1 Å². The average Bonchev–Trinajstić information content (AvgIpc) is 2.83. The van der Waals surface area contributed by atoms with Crippen molar-refractivity contribution in [3.05, 3.63) is 47.4 Å². The number of aliphatic hydroxyl groups is 1. The van der Waals surface area contributed by atoms with Gasteiger partial charge in [0.2, 0.25) is 0 Å². The summed E-state index contributed by atoms with van der Waals surface area (Å²) in [6, 6.07) is 8.33. The van der Waals surface area contributed by atoms with E-state index >= 15 is 0 Å². The third kappa shape index (κ3) is 2.31. The molecule has 98 valence electrons. The van der Waals surface area contributed by atoms with E-state index < -0.39 is 6.10 Å². The van der Waals surface area contributed by atoms with E-state index in [9.17, 15) is 5.11 Å². The minimum Gasteiger partial charge on any atom is -0.387 e. The molecule has 1 atom stereocenters. The van der Waals surface area contributed by atoms with Gasteiger partial charge in [-0.1, -0.05) is 19.1 Å². The van der Waals surface area contributed by atoms with Crippen LogP contribution in [0.5, 0.6) is 0 Å². The fraction of sp³-hybridized carbons (Fsp3) is 0.333. The van der Waals surface area contributed by atoms with Gasteiger partial charge in [-0.25, -0.2) is 9.97 Å². The zero-order valence-electron chi connectivity index (χ0n) is 10.9. The molecule has 1 aliphatic rings. The number of fused-ring (bicyclic) bond motifs is 1. The molecule has 19 heavy (non-hydrogen) atoms. The summed E-state index contributed by atoms with van der Waals surface area (Å²) in [4.78, 5) is 8.46. The SMILES string of the molecule is CCc1ccc(Nc2ncnc3c2CCC3O)cc1. The van der Waals surface area contributed by atoms with Crippen molar-refractivity contribution < 1.29 is 5.11 Å². The minimum atomic E-state index is -0.444. The van der Waals surface area contributed by atoms with Gasteiger partial charge in [-0.2, -0.15) is 0 Å². The summed E-state index contributed by atoms with van der Waals surface area (Å²) in [5.41, 5.74) is 4.13. The van der Waals surface area contributed by atoms with Crippen LogP contribution in [0.1, 0.15) is 36.3 Å². The molecule has 1 aliphatic carbocycles. The smallest absolute Gasteiger partial charge is 0.137 e. The maximum Gasteiger partial charge on any atom is 0.137 e. The van der Waals surface area contributed by atoms with E-state index in [0.29, 0.717) is 0 Å².